The molecule has 248 valence electrons. The van der Waals surface area contributed by atoms with E-state index in [1.54, 1.807) is 0 Å². The molecule has 3 N–H and O–H groups in total. The molecular formula is C35H68N2O5. The van der Waals surface area contributed by atoms with E-state index in [0.29, 0.717) is 25.9 Å². The highest BCUT2D eigenvalue weighted by molar-refractivity contribution is 5.76. The second-order valence-corrected chi connectivity index (χ2v) is 12.2. The number of amides is 2. The normalized spacial score (nSPS) is 11.8. The van der Waals surface area contributed by atoms with Crippen LogP contribution in [0.1, 0.15) is 181 Å². The Bertz CT molecular complexity index is 629. The van der Waals surface area contributed by atoms with Crippen LogP contribution in [-0.4, -0.2) is 48.7 Å². The van der Waals surface area contributed by atoms with E-state index in [1.165, 1.54) is 96.3 Å². The molecule has 0 aliphatic heterocycles. The van der Waals surface area contributed by atoms with Crippen molar-refractivity contribution in [2.75, 3.05) is 19.7 Å². The van der Waals surface area contributed by atoms with Gasteiger partial charge >= 0.3 is 5.97 Å². The number of esters is 1. The molecule has 0 radical (unpaired) electrons. The second kappa shape index (κ2) is 32.3. The third kappa shape index (κ3) is 31.3. The molecule has 0 aromatic carbocycles. The summed E-state index contributed by atoms with van der Waals surface area (Å²) in [7, 11) is 0. The van der Waals surface area contributed by atoms with Crippen LogP contribution in [0.3, 0.4) is 0 Å². The van der Waals surface area contributed by atoms with Crippen LogP contribution in [-0.2, 0) is 19.1 Å². The molecule has 0 heterocycles. The lowest BCUT2D eigenvalue weighted by molar-refractivity contribution is -0.144. The fraction of sp³-hybridized carbons (Fsp3) is 0.914. The summed E-state index contributed by atoms with van der Waals surface area (Å²) in [6, 6.07) is 0. The molecule has 2 amide bonds. The van der Waals surface area contributed by atoms with Crippen molar-refractivity contribution in [3.05, 3.63) is 0 Å². The number of carbonyl (C=O) groups is 3. The second-order valence-electron chi connectivity index (χ2n) is 12.2. The molecule has 42 heavy (non-hydrogen) atoms. The molecular weight excluding hydrogens is 528 g/mol. The van der Waals surface area contributed by atoms with Crippen molar-refractivity contribution in [3.63, 3.8) is 0 Å². The van der Waals surface area contributed by atoms with Gasteiger partial charge in [-0.1, -0.05) is 136 Å². The van der Waals surface area contributed by atoms with Crippen LogP contribution < -0.4 is 10.6 Å². The Labute approximate surface area is 259 Å². The minimum absolute atomic E-state index is 0.0222. The number of nitrogens with one attached hydrogen (secondary N) is 2. The van der Waals surface area contributed by atoms with Crippen molar-refractivity contribution in [2.45, 2.75) is 187 Å². The number of ether oxygens (including phenoxy) is 1. The summed E-state index contributed by atoms with van der Waals surface area (Å²) in [6.07, 6.45) is 27.7. The maximum atomic E-state index is 12.0. The molecule has 1 unspecified atom stereocenters. The summed E-state index contributed by atoms with van der Waals surface area (Å²) in [5.41, 5.74) is 0. The Morgan fingerprint density at radius 2 is 0.833 bits per heavy atom. The number of aliphatic hydroxyl groups excluding tert-OH is 1. The summed E-state index contributed by atoms with van der Waals surface area (Å²) in [4.78, 5) is 35.5. The molecule has 0 spiro atoms. The number of hydrogen-bond donors (Lipinski definition) is 3. The van der Waals surface area contributed by atoms with Crippen LogP contribution in [0.4, 0.5) is 0 Å². The van der Waals surface area contributed by atoms with Gasteiger partial charge in [0, 0.05) is 32.4 Å². The minimum atomic E-state index is -0.746. The predicted octanol–water partition coefficient (Wildman–Crippen LogP) is 8.31. The first kappa shape index (κ1) is 40.4. The average molecular weight is 597 g/mol. The molecule has 7 nitrogen and oxygen atoms in total. The first-order chi connectivity index (χ1) is 20.5. The van der Waals surface area contributed by atoms with Gasteiger partial charge in [0.1, 0.15) is 0 Å². The Morgan fingerprint density at radius 3 is 1.24 bits per heavy atom. The minimum Gasteiger partial charge on any atom is -0.466 e. The largest absolute Gasteiger partial charge is 0.466 e. The van der Waals surface area contributed by atoms with Crippen molar-refractivity contribution in [2.24, 2.45) is 0 Å². The highest BCUT2D eigenvalue weighted by Crippen LogP contribution is 2.13. The summed E-state index contributed by atoms with van der Waals surface area (Å²) in [6.45, 7) is 5.33. The average Bonchev–Trinajstić information content (AvgIpc) is 2.98. The van der Waals surface area contributed by atoms with Gasteiger partial charge in [-0.25, -0.2) is 0 Å². The fourth-order valence-electron chi connectivity index (χ4n) is 5.06. The van der Waals surface area contributed by atoms with Crippen LogP contribution in [0.2, 0.25) is 0 Å². The fourth-order valence-corrected chi connectivity index (χ4v) is 5.06. The zero-order chi connectivity index (χ0) is 30.9. The molecule has 0 aromatic rings. The monoisotopic (exact) mass is 597 g/mol. The van der Waals surface area contributed by atoms with Crippen LogP contribution in [0.25, 0.3) is 0 Å². The smallest absolute Gasteiger partial charge is 0.305 e. The number of hydrogen-bond acceptors (Lipinski definition) is 5. The Hall–Kier alpha value is -1.63. The number of unbranched alkanes of at least 4 members (excludes halogenated alkanes) is 20. The summed E-state index contributed by atoms with van der Waals surface area (Å²) >= 11 is 0. The van der Waals surface area contributed by atoms with Crippen molar-refractivity contribution < 1.29 is 24.2 Å². The summed E-state index contributed by atoms with van der Waals surface area (Å²) in [5.74, 6) is -0.0699. The van der Waals surface area contributed by atoms with E-state index in [0.717, 1.165) is 51.4 Å². The van der Waals surface area contributed by atoms with E-state index in [-0.39, 0.29) is 30.9 Å². The number of aliphatic hydroxyl groups is 1. The van der Waals surface area contributed by atoms with Gasteiger partial charge in [0.05, 0.1) is 12.7 Å². The topological polar surface area (TPSA) is 105 Å². The molecule has 7 heteroatoms. The summed E-state index contributed by atoms with van der Waals surface area (Å²) < 4.78 is 5.34. The van der Waals surface area contributed by atoms with Crippen molar-refractivity contribution in [1.29, 1.82) is 0 Å². The zero-order valence-electron chi connectivity index (χ0n) is 27.7. The molecule has 0 fully saturated rings. The quantitative estimate of drug-likeness (QED) is 0.0535. The molecule has 0 saturated heterocycles. The molecule has 0 aromatic heterocycles. The lowest BCUT2D eigenvalue weighted by Crippen LogP contribution is -2.39. The molecule has 0 aliphatic rings. The van der Waals surface area contributed by atoms with Crippen LogP contribution >= 0.6 is 0 Å². The van der Waals surface area contributed by atoms with E-state index in [2.05, 4.69) is 24.5 Å². The lowest BCUT2D eigenvalue weighted by Gasteiger charge is -2.13. The number of rotatable bonds is 32. The molecule has 0 rings (SSSR count). The van der Waals surface area contributed by atoms with E-state index < -0.39 is 6.10 Å². The molecule has 0 saturated carbocycles. The van der Waals surface area contributed by atoms with Gasteiger partial charge in [-0.05, 0) is 25.7 Å². The van der Waals surface area contributed by atoms with Gasteiger partial charge in [0.2, 0.25) is 11.8 Å². The Kier molecular flexibility index (Phi) is 31.0. The van der Waals surface area contributed by atoms with Gasteiger partial charge in [-0.2, -0.15) is 0 Å². The molecule has 0 aliphatic carbocycles. The van der Waals surface area contributed by atoms with Gasteiger partial charge < -0.3 is 20.5 Å². The summed E-state index contributed by atoms with van der Waals surface area (Å²) in [5, 5.41) is 15.5. The Balaban J connectivity index is 3.35. The van der Waals surface area contributed by atoms with Crippen molar-refractivity contribution >= 4 is 17.8 Å². The van der Waals surface area contributed by atoms with Crippen molar-refractivity contribution in [1.82, 2.24) is 10.6 Å². The van der Waals surface area contributed by atoms with Crippen LogP contribution in [0.5, 0.6) is 0 Å². The van der Waals surface area contributed by atoms with Gasteiger partial charge in [-0.3, -0.25) is 14.4 Å². The number of carbonyl (C=O) groups excluding carboxylic acids is 3. The standard InChI is InChI=1S/C35H68N2O5/c1-3-5-7-18-22-26-33(39)36-30-32(38)31-37-34(40)27-23-20-16-14-12-10-9-11-13-15-17-21-25-29-42-35(41)28-24-19-8-6-4-2/h32,38H,3-31H2,1-2H3,(H,36,39)(H,37,40). The first-order valence-corrected chi connectivity index (χ1v) is 17.9. The predicted molar refractivity (Wildman–Crippen MR) is 174 cm³/mol. The zero-order valence-corrected chi connectivity index (χ0v) is 27.7. The first-order valence-electron chi connectivity index (χ1n) is 17.9. The maximum Gasteiger partial charge on any atom is 0.305 e. The SMILES string of the molecule is CCCCCCCC(=O)NCC(O)CNC(=O)CCCCCCCCCCCCCCCOC(=O)CCCCCCC. The highest BCUT2D eigenvalue weighted by atomic mass is 16.5. The van der Waals surface area contributed by atoms with Crippen LogP contribution in [0.15, 0.2) is 0 Å². The Morgan fingerprint density at radius 1 is 0.500 bits per heavy atom. The molecule has 0 bridgehead atoms. The third-order valence-corrected chi connectivity index (χ3v) is 7.87. The van der Waals surface area contributed by atoms with E-state index in [4.69, 9.17) is 4.74 Å². The third-order valence-electron chi connectivity index (χ3n) is 7.87. The highest BCUT2D eigenvalue weighted by Gasteiger charge is 2.09. The van der Waals surface area contributed by atoms with Crippen molar-refractivity contribution in [3.8, 4) is 0 Å². The van der Waals surface area contributed by atoms with Gasteiger partial charge in [-0.15, -0.1) is 0 Å². The van der Waals surface area contributed by atoms with E-state index in [9.17, 15) is 19.5 Å². The lowest BCUT2D eigenvalue weighted by atomic mass is 10.0. The van der Waals surface area contributed by atoms with E-state index >= 15 is 0 Å². The maximum absolute atomic E-state index is 12.0. The molecule has 1 atom stereocenters. The van der Waals surface area contributed by atoms with Gasteiger partial charge in [0.15, 0.2) is 0 Å². The van der Waals surface area contributed by atoms with E-state index in [1.807, 2.05) is 0 Å². The van der Waals surface area contributed by atoms with Gasteiger partial charge in [0.25, 0.3) is 0 Å². The van der Waals surface area contributed by atoms with Crippen LogP contribution in [0, 0.1) is 0 Å².